The number of aliphatic hydroxyl groups is 2. The number of carbonyl (C=O) groups excluding carboxylic acids is 1. The van der Waals surface area contributed by atoms with Gasteiger partial charge in [-0.3, -0.25) is 4.79 Å². The number of aliphatic hydroxyl groups excluding tert-OH is 2. The van der Waals surface area contributed by atoms with Crippen molar-refractivity contribution in [3.8, 4) is 0 Å². The largest absolute Gasteiger partial charge is 0.393 e. The van der Waals surface area contributed by atoms with Crippen LogP contribution in [0.5, 0.6) is 0 Å². The molecule has 0 radical (unpaired) electrons. The van der Waals surface area contributed by atoms with Crippen LogP contribution in [0.1, 0.15) is 59.8 Å². The minimum absolute atomic E-state index is 0.0416. The Hall–Kier alpha value is -3.41. The summed E-state index contributed by atoms with van der Waals surface area (Å²) < 4.78 is 0. The maximum Gasteiger partial charge on any atom is 0.191 e. The van der Waals surface area contributed by atoms with Gasteiger partial charge in [0.2, 0.25) is 0 Å². The smallest absolute Gasteiger partial charge is 0.191 e. The molecule has 0 spiro atoms. The Morgan fingerprint density at radius 1 is 0.711 bits per heavy atom. The van der Waals surface area contributed by atoms with Crippen molar-refractivity contribution >= 4 is 5.78 Å². The van der Waals surface area contributed by atoms with Gasteiger partial charge >= 0.3 is 0 Å². The fraction of sp³-hybridized carbons (Fsp3) is 0.364. The van der Waals surface area contributed by atoms with Crippen molar-refractivity contribution in [2.45, 2.75) is 73.6 Å². The van der Waals surface area contributed by atoms with Crippen LogP contribution in [0.15, 0.2) is 97.4 Å². The molecule has 0 saturated carbocycles. The summed E-state index contributed by atoms with van der Waals surface area (Å²) in [5.41, 5.74) is 2.88. The number of benzene rings is 2. The summed E-state index contributed by atoms with van der Waals surface area (Å²) >= 11 is 0. The summed E-state index contributed by atoms with van der Waals surface area (Å²) in [6.07, 6.45) is 18.3. The van der Waals surface area contributed by atoms with Gasteiger partial charge in [0.25, 0.3) is 0 Å². The highest BCUT2D eigenvalue weighted by Crippen LogP contribution is 2.43. The molecule has 38 heavy (non-hydrogen) atoms. The Balaban J connectivity index is 1.37. The number of allylic oxidation sites excluding steroid dienone is 4. The zero-order valence-corrected chi connectivity index (χ0v) is 21.6. The van der Waals surface area contributed by atoms with E-state index in [1.165, 1.54) is 11.1 Å². The van der Waals surface area contributed by atoms with Gasteiger partial charge < -0.3 is 20.8 Å². The molecule has 6 atom stereocenters. The molecule has 0 bridgehead atoms. The van der Waals surface area contributed by atoms with Crippen molar-refractivity contribution < 1.29 is 15.0 Å². The van der Waals surface area contributed by atoms with Crippen molar-refractivity contribution in [2.75, 3.05) is 0 Å². The van der Waals surface area contributed by atoms with Gasteiger partial charge in [-0.2, -0.15) is 0 Å². The summed E-state index contributed by atoms with van der Waals surface area (Å²) in [4.78, 5) is 14.9. The SMILES string of the molecule is O=C(C1(CC2CC(O)Cc3ccccc32)C=CC=CN1)C1(CC2CC(O)Cc3ccccc32)C=CC=CN1. The Morgan fingerprint density at radius 3 is 1.58 bits per heavy atom. The van der Waals surface area contributed by atoms with E-state index in [1.807, 2.05) is 73.1 Å². The Bertz CT molecular complexity index is 1230. The van der Waals surface area contributed by atoms with Gasteiger partial charge in [0.15, 0.2) is 5.78 Å². The lowest BCUT2D eigenvalue weighted by molar-refractivity contribution is -0.129. The van der Waals surface area contributed by atoms with Crippen LogP contribution >= 0.6 is 0 Å². The van der Waals surface area contributed by atoms with E-state index in [4.69, 9.17) is 0 Å². The maximum absolute atomic E-state index is 14.9. The van der Waals surface area contributed by atoms with Gasteiger partial charge in [-0.25, -0.2) is 0 Å². The van der Waals surface area contributed by atoms with E-state index in [-0.39, 0.29) is 17.6 Å². The van der Waals surface area contributed by atoms with E-state index in [2.05, 4.69) is 34.9 Å². The van der Waals surface area contributed by atoms with Crippen LogP contribution in [-0.2, 0) is 17.6 Å². The number of hydrogen-bond donors (Lipinski definition) is 4. The summed E-state index contributed by atoms with van der Waals surface area (Å²) in [6.45, 7) is 0. The van der Waals surface area contributed by atoms with Gasteiger partial charge in [0.1, 0.15) is 11.1 Å². The Labute approximate surface area is 224 Å². The Kier molecular flexibility index (Phi) is 6.58. The molecule has 196 valence electrons. The minimum atomic E-state index is -0.946. The summed E-state index contributed by atoms with van der Waals surface area (Å²) in [6, 6.07) is 16.6. The van der Waals surface area contributed by atoms with E-state index in [0.29, 0.717) is 38.5 Å². The van der Waals surface area contributed by atoms with E-state index in [1.54, 1.807) is 0 Å². The normalized spacial score (nSPS) is 33.1. The van der Waals surface area contributed by atoms with Gasteiger partial charge in [-0.1, -0.05) is 72.8 Å². The number of ketones is 1. The van der Waals surface area contributed by atoms with E-state index in [9.17, 15) is 15.0 Å². The first-order valence-corrected chi connectivity index (χ1v) is 13.8. The molecule has 2 heterocycles. The number of nitrogens with one attached hydrogen (secondary N) is 2. The average Bonchev–Trinajstić information content (AvgIpc) is 2.93. The zero-order chi connectivity index (χ0) is 26.2. The van der Waals surface area contributed by atoms with E-state index < -0.39 is 23.3 Å². The molecule has 4 N–H and O–H groups in total. The van der Waals surface area contributed by atoms with Crippen LogP contribution in [0.25, 0.3) is 0 Å². The number of rotatable bonds is 6. The maximum atomic E-state index is 14.9. The third-order valence-electron chi connectivity index (χ3n) is 8.82. The molecule has 6 rings (SSSR count). The third kappa shape index (κ3) is 4.55. The molecule has 2 aromatic carbocycles. The Morgan fingerprint density at radius 2 is 1.16 bits per heavy atom. The topological polar surface area (TPSA) is 81.6 Å². The highest BCUT2D eigenvalue weighted by Gasteiger charge is 2.51. The molecule has 0 saturated heterocycles. The second-order valence-corrected chi connectivity index (χ2v) is 11.4. The van der Waals surface area contributed by atoms with Gasteiger partial charge in [0, 0.05) is 0 Å². The van der Waals surface area contributed by atoms with Crippen LogP contribution in [0, 0.1) is 0 Å². The lowest BCUT2D eigenvalue weighted by Crippen LogP contribution is -2.63. The third-order valence-corrected chi connectivity index (χ3v) is 8.82. The first kappa shape index (κ1) is 24.9. The van der Waals surface area contributed by atoms with Crippen molar-refractivity contribution in [1.82, 2.24) is 10.6 Å². The monoisotopic (exact) mass is 508 g/mol. The number of dihydropyridines is 2. The lowest BCUT2D eigenvalue weighted by Gasteiger charge is -2.45. The molecule has 2 aliphatic heterocycles. The molecule has 0 fully saturated rings. The second kappa shape index (κ2) is 10.0. The van der Waals surface area contributed by atoms with Gasteiger partial charge in [-0.05, 0) is 97.2 Å². The quantitative estimate of drug-likeness (QED) is 0.467. The first-order chi connectivity index (χ1) is 18.5. The van der Waals surface area contributed by atoms with Gasteiger partial charge in [0.05, 0.1) is 12.2 Å². The molecule has 2 aromatic rings. The first-order valence-electron chi connectivity index (χ1n) is 13.8. The highest BCUT2D eigenvalue weighted by atomic mass is 16.3. The fourth-order valence-electron chi connectivity index (χ4n) is 7.15. The number of fused-ring (bicyclic) bond motifs is 2. The molecular formula is C33H36N2O3. The van der Waals surface area contributed by atoms with Crippen molar-refractivity contribution in [3.63, 3.8) is 0 Å². The van der Waals surface area contributed by atoms with Crippen LogP contribution in [-0.4, -0.2) is 39.3 Å². The summed E-state index contributed by atoms with van der Waals surface area (Å²) in [5, 5.41) is 28.4. The molecule has 4 aliphatic rings. The second-order valence-electron chi connectivity index (χ2n) is 11.4. The van der Waals surface area contributed by atoms with Crippen molar-refractivity contribution in [3.05, 3.63) is 120 Å². The van der Waals surface area contributed by atoms with Crippen molar-refractivity contribution in [2.24, 2.45) is 0 Å². The van der Waals surface area contributed by atoms with Crippen LogP contribution in [0.4, 0.5) is 0 Å². The standard InChI is InChI=1S/C33H36N2O3/c36-27-17-23-9-1-3-11-29(23)25(19-27)21-32(13-5-7-15-34-32)31(38)33(14-6-8-16-35-33)22-26-20-28(37)18-24-10-2-4-12-30(24)26/h1-16,25-28,34-37H,17-22H2. The fourth-order valence-corrected chi connectivity index (χ4v) is 7.15. The van der Waals surface area contributed by atoms with Gasteiger partial charge in [-0.15, -0.1) is 0 Å². The number of carbonyl (C=O) groups is 1. The summed E-state index contributed by atoms with van der Waals surface area (Å²) in [7, 11) is 0. The molecule has 6 unspecified atom stereocenters. The molecule has 2 aliphatic carbocycles. The van der Waals surface area contributed by atoms with Crippen LogP contribution in [0.2, 0.25) is 0 Å². The van der Waals surface area contributed by atoms with E-state index >= 15 is 0 Å². The lowest BCUT2D eigenvalue weighted by atomic mass is 9.66. The number of hydrogen-bond acceptors (Lipinski definition) is 5. The summed E-state index contributed by atoms with van der Waals surface area (Å²) in [5.74, 6) is 0.140. The molecule has 0 aromatic heterocycles. The van der Waals surface area contributed by atoms with Crippen LogP contribution in [0.3, 0.4) is 0 Å². The predicted molar refractivity (Wildman–Crippen MR) is 150 cm³/mol. The molecule has 5 heteroatoms. The highest BCUT2D eigenvalue weighted by molar-refractivity contribution is 6.01. The molecule has 0 amide bonds. The predicted octanol–water partition coefficient (Wildman–Crippen LogP) is 4.34. The number of Topliss-reactive ketones (excluding diaryl/α,β-unsaturated/α-hetero) is 1. The van der Waals surface area contributed by atoms with Crippen molar-refractivity contribution in [1.29, 1.82) is 0 Å². The van der Waals surface area contributed by atoms with Crippen LogP contribution < -0.4 is 10.6 Å². The average molecular weight is 509 g/mol. The van der Waals surface area contributed by atoms with E-state index in [0.717, 1.165) is 11.1 Å². The zero-order valence-electron chi connectivity index (χ0n) is 21.6. The minimum Gasteiger partial charge on any atom is -0.393 e. The molecule has 5 nitrogen and oxygen atoms in total. The molecular weight excluding hydrogens is 472 g/mol.